The highest BCUT2D eigenvalue weighted by Gasteiger charge is 2.38. The molecule has 0 spiro atoms. The predicted octanol–water partition coefficient (Wildman–Crippen LogP) is -0.0422. The summed E-state index contributed by atoms with van der Waals surface area (Å²) in [6.07, 6.45) is 1.12. The summed E-state index contributed by atoms with van der Waals surface area (Å²) < 4.78 is 30.1. The van der Waals surface area contributed by atoms with Crippen molar-refractivity contribution in [2.45, 2.75) is 32.2 Å². The summed E-state index contributed by atoms with van der Waals surface area (Å²) in [7, 11) is -3.31. The molecule has 1 aliphatic rings. The van der Waals surface area contributed by atoms with Gasteiger partial charge in [-0.15, -0.1) is 0 Å². The Morgan fingerprint density at radius 2 is 2.04 bits per heavy atom. The van der Waals surface area contributed by atoms with E-state index in [0.29, 0.717) is 13.1 Å². The topological polar surface area (TPSA) is 109 Å². The Morgan fingerprint density at radius 1 is 1.33 bits per heavy atom. The Labute approximate surface area is 141 Å². The van der Waals surface area contributed by atoms with Gasteiger partial charge in [-0.2, -0.15) is 0 Å². The van der Waals surface area contributed by atoms with E-state index >= 15 is 0 Å². The molecule has 0 saturated carbocycles. The van der Waals surface area contributed by atoms with Crippen molar-refractivity contribution in [3.05, 3.63) is 23.7 Å². The molecule has 2 rings (SSSR count). The number of rotatable bonds is 6. The van der Waals surface area contributed by atoms with Crippen LogP contribution in [0.5, 0.6) is 0 Å². The van der Waals surface area contributed by atoms with E-state index in [9.17, 15) is 18.0 Å². The van der Waals surface area contributed by atoms with Gasteiger partial charge >= 0.3 is 0 Å². The van der Waals surface area contributed by atoms with Crippen LogP contribution in [0.4, 0.5) is 0 Å². The van der Waals surface area contributed by atoms with Crippen LogP contribution in [-0.2, 0) is 19.6 Å². The monoisotopic (exact) mass is 357 g/mol. The molecule has 1 aromatic rings. The van der Waals surface area contributed by atoms with Gasteiger partial charge in [0.05, 0.1) is 18.2 Å². The maximum absolute atomic E-state index is 12.3. The van der Waals surface area contributed by atoms with Crippen LogP contribution in [0.1, 0.15) is 30.8 Å². The third-order valence-electron chi connectivity index (χ3n) is 3.89. The van der Waals surface area contributed by atoms with Crippen LogP contribution in [0.15, 0.2) is 16.5 Å². The summed E-state index contributed by atoms with van der Waals surface area (Å²) in [6.45, 7) is 4.14. The van der Waals surface area contributed by atoms with Gasteiger partial charge in [0.25, 0.3) is 0 Å². The first-order valence-corrected chi connectivity index (χ1v) is 9.60. The van der Waals surface area contributed by atoms with Crippen molar-refractivity contribution in [3.63, 3.8) is 0 Å². The summed E-state index contributed by atoms with van der Waals surface area (Å²) in [5, 5.41) is 2.86. The van der Waals surface area contributed by atoms with Crippen LogP contribution in [0.2, 0.25) is 0 Å². The number of sulfonamides is 1. The molecular formula is C15H23N3O5S. The molecule has 0 unspecified atom stereocenters. The van der Waals surface area contributed by atoms with Gasteiger partial charge in [-0.05, 0) is 19.1 Å². The zero-order valence-corrected chi connectivity index (χ0v) is 14.9. The number of aryl methyl sites for hydroxylation is 1. The van der Waals surface area contributed by atoms with Crippen LogP contribution in [0, 0.1) is 6.92 Å². The maximum Gasteiger partial charge on any atom is 0.223 e. The Bertz CT molecular complexity index is 712. The molecule has 1 saturated heterocycles. The van der Waals surface area contributed by atoms with E-state index in [1.807, 2.05) is 19.1 Å². The molecule has 0 radical (unpaired) electrons. The fourth-order valence-corrected chi connectivity index (χ4v) is 3.33. The smallest absolute Gasteiger partial charge is 0.223 e. The van der Waals surface area contributed by atoms with Crippen molar-refractivity contribution < 1.29 is 22.4 Å². The minimum Gasteiger partial charge on any atom is -0.466 e. The molecule has 2 N–H and O–H groups in total. The van der Waals surface area contributed by atoms with Crippen molar-refractivity contribution >= 4 is 21.8 Å². The molecule has 2 atom stereocenters. The molecular weight excluding hydrogens is 334 g/mol. The normalized spacial score (nSPS) is 21.0. The van der Waals surface area contributed by atoms with Crippen molar-refractivity contribution in [2.75, 3.05) is 25.9 Å². The number of furan rings is 1. The lowest BCUT2D eigenvalue weighted by Crippen LogP contribution is -2.39. The SMILES string of the molecule is CC(=O)N[C@@H]1CN(C(=O)CCNS(C)(=O)=O)C[C@H]1c1ccc(C)o1. The molecule has 0 bridgehead atoms. The second kappa shape index (κ2) is 7.35. The van der Waals surface area contributed by atoms with E-state index in [1.165, 1.54) is 6.92 Å². The van der Waals surface area contributed by atoms with E-state index in [4.69, 9.17) is 4.42 Å². The Kier molecular flexibility index (Phi) is 5.66. The minimum atomic E-state index is -3.31. The number of amides is 2. The standard InChI is InChI=1S/C15H23N3O5S/c1-10-4-5-14(23-10)12-8-18(9-13(12)17-11(2)19)15(20)6-7-16-24(3,21)22/h4-5,12-13,16H,6-9H2,1-3H3,(H,17,19)/t12-,13-/m1/s1. The Balaban J connectivity index is 2.02. The highest BCUT2D eigenvalue weighted by atomic mass is 32.2. The van der Waals surface area contributed by atoms with Crippen molar-refractivity contribution in [2.24, 2.45) is 0 Å². The van der Waals surface area contributed by atoms with Gasteiger partial charge in [0.15, 0.2) is 0 Å². The fraction of sp³-hybridized carbons (Fsp3) is 0.600. The lowest BCUT2D eigenvalue weighted by Gasteiger charge is -2.17. The molecule has 1 fully saturated rings. The maximum atomic E-state index is 12.3. The summed E-state index contributed by atoms with van der Waals surface area (Å²) in [6, 6.07) is 3.48. The van der Waals surface area contributed by atoms with E-state index in [-0.39, 0.29) is 36.7 Å². The molecule has 2 heterocycles. The zero-order valence-electron chi connectivity index (χ0n) is 14.0. The van der Waals surface area contributed by atoms with Gasteiger partial charge in [0.1, 0.15) is 11.5 Å². The lowest BCUT2D eigenvalue weighted by molar-refractivity contribution is -0.130. The molecule has 24 heavy (non-hydrogen) atoms. The number of carbonyl (C=O) groups is 2. The van der Waals surface area contributed by atoms with Crippen LogP contribution in [-0.4, -0.2) is 57.1 Å². The number of nitrogens with one attached hydrogen (secondary N) is 2. The summed E-state index contributed by atoms with van der Waals surface area (Å²) in [5.74, 6) is 1.06. The van der Waals surface area contributed by atoms with Crippen molar-refractivity contribution in [1.29, 1.82) is 0 Å². The van der Waals surface area contributed by atoms with E-state index in [0.717, 1.165) is 17.8 Å². The first-order chi connectivity index (χ1) is 11.2. The van der Waals surface area contributed by atoms with Gasteiger partial charge in [0, 0.05) is 33.0 Å². The quantitative estimate of drug-likeness (QED) is 0.742. The van der Waals surface area contributed by atoms with Gasteiger partial charge in [-0.1, -0.05) is 0 Å². The van der Waals surface area contributed by atoms with Crippen LogP contribution < -0.4 is 10.0 Å². The number of hydrogen-bond donors (Lipinski definition) is 2. The molecule has 0 aromatic carbocycles. The average molecular weight is 357 g/mol. The van der Waals surface area contributed by atoms with E-state index in [2.05, 4.69) is 10.0 Å². The highest BCUT2D eigenvalue weighted by molar-refractivity contribution is 7.88. The van der Waals surface area contributed by atoms with Gasteiger partial charge in [-0.25, -0.2) is 13.1 Å². The fourth-order valence-electron chi connectivity index (χ4n) is 2.86. The molecule has 8 nitrogen and oxygen atoms in total. The number of likely N-dealkylation sites (tertiary alicyclic amines) is 1. The van der Waals surface area contributed by atoms with Crippen LogP contribution in [0.3, 0.4) is 0 Å². The third kappa shape index (κ3) is 5.07. The Morgan fingerprint density at radius 3 is 2.58 bits per heavy atom. The van der Waals surface area contributed by atoms with E-state index in [1.54, 1.807) is 4.90 Å². The molecule has 1 aliphatic heterocycles. The van der Waals surface area contributed by atoms with E-state index < -0.39 is 10.0 Å². The molecule has 134 valence electrons. The number of carbonyl (C=O) groups excluding carboxylic acids is 2. The molecule has 2 amide bonds. The average Bonchev–Trinajstić information content (AvgIpc) is 3.03. The second-order valence-corrected chi connectivity index (χ2v) is 7.91. The predicted molar refractivity (Wildman–Crippen MR) is 87.8 cm³/mol. The summed E-state index contributed by atoms with van der Waals surface area (Å²) in [5.41, 5.74) is 0. The van der Waals surface area contributed by atoms with Gasteiger partial charge in [-0.3, -0.25) is 9.59 Å². The van der Waals surface area contributed by atoms with Crippen LogP contribution in [0.25, 0.3) is 0 Å². The zero-order chi connectivity index (χ0) is 17.9. The highest BCUT2D eigenvalue weighted by Crippen LogP contribution is 2.29. The third-order valence-corrected chi connectivity index (χ3v) is 4.62. The molecule has 9 heteroatoms. The summed E-state index contributed by atoms with van der Waals surface area (Å²) >= 11 is 0. The summed E-state index contributed by atoms with van der Waals surface area (Å²) in [4.78, 5) is 25.3. The van der Waals surface area contributed by atoms with Crippen molar-refractivity contribution in [1.82, 2.24) is 14.9 Å². The lowest BCUT2D eigenvalue weighted by atomic mass is 10.0. The largest absolute Gasteiger partial charge is 0.466 e. The van der Waals surface area contributed by atoms with Crippen LogP contribution >= 0.6 is 0 Å². The minimum absolute atomic E-state index is 0.0590. The second-order valence-electron chi connectivity index (χ2n) is 6.08. The first-order valence-electron chi connectivity index (χ1n) is 7.71. The molecule has 0 aliphatic carbocycles. The first kappa shape index (κ1) is 18.5. The van der Waals surface area contributed by atoms with Gasteiger partial charge in [0.2, 0.25) is 21.8 Å². The number of nitrogens with zero attached hydrogens (tertiary/aromatic N) is 1. The Hall–Kier alpha value is -1.87. The number of hydrogen-bond acceptors (Lipinski definition) is 5. The van der Waals surface area contributed by atoms with Gasteiger partial charge < -0.3 is 14.6 Å². The molecule has 1 aromatic heterocycles. The van der Waals surface area contributed by atoms with Crippen molar-refractivity contribution in [3.8, 4) is 0 Å².